The van der Waals surface area contributed by atoms with Crippen molar-refractivity contribution in [2.45, 2.75) is 45.7 Å². The van der Waals surface area contributed by atoms with Gasteiger partial charge in [-0.1, -0.05) is 12.1 Å². The number of amides is 1. The molecule has 1 aromatic carbocycles. The predicted molar refractivity (Wildman–Crippen MR) is 93.0 cm³/mol. The molecule has 2 heterocycles. The van der Waals surface area contributed by atoms with Crippen molar-refractivity contribution < 1.29 is 9.53 Å². The van der Waals surface area contributed by atoms with Gasteiger partial charge in [0, 0.05) is 30.8 Å². The number of fused-ring (bicyclic) bond motifs is 1. The van der Waals surface area contributed by atoms with Crippen molar-refractivity contribution in [3.05, 3.63) is 47.3 Å². The van der Waals surface area contributed by atoms with E-state index in [9.17, 15) is 4.79 Å². The monoisotopic (exact) mass is 327 g/mol. The van der Waals surface area contributed by atoms with E-state index >= 15 is 0 Å². The summed E-state index contributed by atoms with van der Waals surface area (Å²) in [6, 6.07) is 7.68. The zero-order chi connectivity index (χ0) is 17.3. The molecule has 5 nitrogen and oxygen atoms in total. The fourth-order valence-electron chi connectivity index (χ4n) is 3.15. The molecular formula is C19H25N3O2. The minimum Gasteiger partial charge on any atom is -0.497 e. The highest BCUT2D eigenvalue weighted by Gasteiger charge is 2.27. The molecule has 0 bridgehead atoms. The second kappa shape index (κ2) is 6.30. The Labute approximate surface area is 143 Å². The van der Waals surface area contributed by atoms with Crippen molar-refractivity contribution in [3.63, 3.8) is 0 Å². The molecule has 0 fully saturated rings. The third kappa shape index (κ3) is 3.30. The summed E-state index contributed by atoms with van der Waals surface area (Å²) in [6.07, 6.45) is 3.20. The van der Waals surface area contributed by atoms with Crippen LogP contribution in [0.3, 0.4) is 0 Å². The second-order valence-electron chi connectivity index (χ2n) is 7.29. The van der Waals surface area contributed by atoms with Crippen LogP contribution in [0.25, 0.3) is 0 Å². The number of benzene rings is 1. The Bertz CT molecular complexity index is 726. The van der Waals surface area contributed by atoms with E-state index in [1.165, 1.54) is 11.3 Å². The maximum absolute atomic E-state index is 12.6. The Morgan fingerprint density at radius 2 is 1.96 bits per heavy atom. The molecule has 0 N–H and O–H groups in total. The van der Waals surface area contributed by atoms with E-state index in [0.29, 0.717) is 13.0 Å². The van der Waals surface area contributed by atoms with Gasteiger partial charge in [-0.2, -0.15) is 5.10 Å². The smallest absolute Gasteiger partial charge is 0.227 e. The SMILES string of the molecule is COc1ccc(CC(=O)N2CCc3c(cnn3C(C)(C)C)C2)cc1. The van der Waals surface area contributed by atoms with Crippen molar-refractivity contribution in [1.82, 2.24) is 14.7 Å². The lowest BCUT2D eigenvalue weighted by Crippen LogP contribution is -2.38. The first-order valence-electron chi connectivity index (χ1n) is 8.35. The molecule has 1 aliphatic rings. The third-order valence-electron chi connectivity index (χ3n) is 4.44. The Hall–Kier alpha value is -2.30. The Morgan fingerprint density at radius 1 is 1.25 bits per heavy atom. The summed E-state index contributed by atoms with van der Waals surface area (Å²) >= 11 is 0. The van der Waals surface area contributed by atoms with Crippen LogP contribution in [-0.2, 0) is 29.7 Å². The van der Waals surface area contributed by atoms with E-state index in [4.69, 9.17) is 4.74 Å². The van der Waals surface area contributed by atoms with Gasteiger partial charge in [-0.25, -0.2) is 0 Å². The van der Waals surface area contributed by atoms with Gasteiger partial charge in [0.25, 0.3) is 0 Å². The molecule has 1 aromatic heterocycles. The first-order chi connectivity index (χ1) is 11.4. The van der Waals surface area contributed by atoms with Crippen molar-refractivity contribution in [1.29, 1.82) is 0 Å². The number of methoxy groups -OCH3 is 1. The first-order valence-corrected chi connectivity index (χ1v) is 8.35. The van der Waals surface area contributed by atoms with Gasteiger partial charge < -0.3 is 9.64 Å². The van der Waals surface area contributed by atoms with E-state index in [2.05, 4.69) is 30.6 Å². The van der Waals surface area contributed by atoms with Crippen LogP contribution in [0.4, 0.5) is 0 Å². The van der Waals surface area contributed by atoms with E-state index in [0.717, 1.165) is 24.3 Å². The number of hydrogen-bond acceptors (Lipinski definition) is 3. The van der Waals surface area contributed by atoms with E-state index in [1.807, 2.05) is 35.4 Å². The minimum atomic E-state index is -0.0249. The highest BCUT2D eigenvalue weighted by Crippen LogP contribution is 2.24. The highest BCUT2D eigenvalue weighted by atomic mass is 16.5. The summed E-state index contributed by atoms with van der Waals surface area (Å²) < 4.78 is 7.25. The molecule has 0 unspecified atom stereocenters. The molecule has 24 heavy (non-hydrogen) atoms. The fraction of sp³-hybridized carbons (Fsp3) is 0.474. The van der Waals surface area contributed by atoms with Gasteiger partial charge in [0.05, 0.1) is 25.3 Å². The fourth-order valence-corrected chi connectivity index (χ4v) is 3.15. The lowest BCUT2D eigenvalue weighted by Gasteiger charge is -2.30. The Balaban J connectivity index is 1.68. The molecule has 2 aromatic rings. The third-order valence-corrected chi connectivity index (χ3v) is 4.44. The van der Waals surface area contributed by atoms with Crippen LogP contribution >= 0.6 is 0 Å². The molecular weight excluding hydrogens is 302 g/mol. The van der Waals surface area contributed by atoms with Crippen LogP contribution in [0, 0.1) is 0 Å². The summed E-state index contributed by atoms with van der Waals surface area (Å²) in [5.74, 6) is 0.970. The number of aromatic nitrogens is 2. The lowest BCUT2D eigenvalue weighted by molar-refractivity contribution is -0.131. The van der Waals surface area contributed by atoms with Crippen LogP contribution in [0.15, 0.2) is 30.5 Å². The van der Waals surface area contributed by atoms with Gasteiger partial charge in [-0.15, -0.1) is 0 Å². The van der Waals surface area contributed by atoms with E-state index in [1.54, 1.807) is 7.11 Å². The number of hydrogen-bond donors (Lipinski definition) is 0. The van der Waals surface area contributed by atoms with E-state index < -0.39 is 0 Å². The van der Waals surface area contributed by atoms with Gasteiger partial charge in [0.1, 0.15) is 5.75 Å². The normalized spacial score (nSPS) is 14.4. The number of carbonyl (C=O) groups is 1. The maximum atomic E-state index is 12.6. The summed E-state index contributed by atoms with van der Waals surface area (Å²) in [5.41, 5.74) is 3.41. The summed E-state index contributed by atoms with van der Waals surface area (Å²) in [6.45, 7) is 7.87. The van der Waals surface area contributed by atoms with Crippen molar-refractivity contribution in [2.75, 3.05) is 13.7 Å². The van der Waals surface area contributed by atoms with Crippen LogP contribution in [0.1, 0.15) is 37.6 Å². The molecule has 128 valence electrons. The molecule has 0 saturated carbocycles. The van der Waals surface area contributed by atoms with Gasteiger partial charge in [-0.3, -0.25) is 9.48 Å². The number of rotatable bonds is 3. The predicted octanol–water partition coefficient (Wildman–Crippen LogP) is 2.77. The molecule has 0 atom stereocenters. The zero-order valence-electron chi connectivity index (χ0n) is 14.9. The Kier molecular flexibility index (Phi) is 4.35. The van der Waals surface area contributed by atoms with Gasteiger partial charge in [-0.05, 0) is 38.5 Å². The molecule has 0 aliphatic carbocycles. The minimum absolute atomic E-state index is 0.0249. The van der Waals surface area contributed by atoms with Crippen LogP contribution in [-0.4, -0.2) is 34.2 Å². The number of ether oxygens (including phenoxy) is 1. The summed E-state index contributed by atoms with van der Waals surface area (Å²) in [7, 11) is 1.64. The highest BCUT2D eigenvalue weighted by molar-refractivity contribution is 5.79. The molecule has 0 saturated heterocycles. The average molecular weight is 327 g/mol. The number of carbonyl (C=O) groups excluding carboxylic acids is 1. The van der Waals surface area contributed by atoms with Crippen LogP contribution in [0.5, 0.6) is 5.75 Å². The number of nitrogens with zero attached hydrogens (tertiary/aromatic N) is 3. The second-order valence-corrected chi connectivity index (χ2v) is 7.29. The molecule has 1 amide bonds. The molecule has 5 heteroatoms. The van der Waals surface area contributed by atoms with Crippen LogP contribution in [0.2, 0.25) is 0 Å². The topological polar surface area (TPSA) is 47.4 Å². The lowest BCUT2D eigenvalue weighted by atomic mass is 10.0. The Morgan fingerprint density at radius 3 is 2.58 bits per heavy atom. The van der Waals surface area contributed by atoms with Gasteiger partial charge in [0.2, 0.25) is 5.91 Å². The average Bonchev–Trinajstić information content (AvgIpc) is 2.98. The molecule has 3 rings (SSSR count). The van der Waals surface area contributed by atoms with E-state index in [-0.39, 0.29) is 11.4 Å². The maximum Gasteiger partial charge on any atom is 0.227 e. The first kappa shape index (κ1) is 16.6. The van der Waals surface area contributed by atoms with Crippen molar-refractivity contribution >= 4 is 5.91 Å². The van der Waals surface area contributed by atoms with Crippen LogP contribution < -0.4 is 4.74 Å². The van der Waals surface area contributed by atoms with Crippen molar-refractivity contribution in [2.24, 2.45) is 0 Å². The molecule has 0 spiro atoms. The summed E-state index contributed by atoms with van der Waals surface area (Å²) in [4.78, 5) is 14.5. The molecule has 1 aliphatic heterocycles. The molecule has 0 radical (unpaired) electrons. The standard InChI is InChI=1S/C19H25N3O2/c1-19(2,3)22-17-9-10-21(13-15(17)12-20-22)18(23)11-14-5-7-16(24-4)8-6-14/h5-8,12H,9-11,13H2,1-4H3. The quantitative estimate of drug-likeness (QED) is 0.871. The van der Waals surface area contributed by atoms with Gasteiger partial charge >= 0.3 is 0 Å². The van der Waals surface area contributed by atoms with Gasteiger partial charge in [0.15, 0.2) is 0 Å². The largest absolute Gasteiger partial charge is 0.497 e. The summed E-state index contributed by atoms with van der Waals surface area (Å²) in [5, 5.41) is 4.53. The zero-order valence-corrected chi connectivity index (χ0v) is 14.9. The van der Waals surface area contributed by atoms with Crippen molar-refractivity contribution in [3.8, 4) is 5.75 Å².